The van der Waals surface area contributed by atoms with Gasteiger partial charge >= 0.3 is 0 Å². The zero-order valence-electron chi connectivity index (χ0n) is 20.6. The zero-order valence-corrected chi connectivity index (χ0v) is 20.6. The Labute approximate surface area is 212 Å². The van der Waals surface area contributed by atoms with Crippen LogP contribution in [0.15, 0.2) is 79.1 Å². The number of benzene rings is 2. The second-order valence-corrected chi connectivity index (χ2v) is 8.76. The molecule has 2 aromatic heterocycles. The number of rotatable bonds is 3. The molecule has 1 N–H and O–H groups in total. The SMILES string of the molecule is c1cc[n+]2cc3ccc(Nc4ccc(N5CCOCCOCCOCCOCC5)cc4)cc3cc2c1. The van der Waals surface area contributed by atoms with Crippen LogP contribution in [0.5, 0.6) is 0 Å². The lowest BCUT2D eigenvalue weighted by Gasteiger charge is -2.25. The number of hydrogen-bond acceptors (Lipinski definition) is 6. The van der Waals surface area contributed by atoms with Gasteiger partial charge in [0.25, 0.3) is 0 Å². The van der Waals surface area contributed by atoms with Crippen LogP contribution in [-0.2, 0) is 18.9 Å². The quantitative estimate of drug-likeness (QED) is 0.345. The molecule has 188 valence electrons. The molecule has 0 bridgehead atoms. The Balaban J connectivity index is 1.24. The number of ether oxygens (including phenoxy) is 4. The van der Waals surface area contributed by atoms with E-state index in [0.717, 1.165) is 30.2 Å². The highest BCUT2D eigenvalue weighted by Crippen LogP contribution is 2.24. The summed E-state index contributed by atoms with van der Waals surface area (Å²) in [6.07, 6.45) is 4.24. The van der Waals surface area contributed by atoms with Crippen molar-refractivity contribution in [3.63, 3.8) is 0 Å². The van der Waals surface area contributed by atoms with Gasteiger partial charge in [-0.25, -0.2) is 0 Å². The van der Waals surface area contributed by atoms with Crippen LogP contribution in [0.3, 0.4) is 0 Å². The second-order valence-electron chi connectivity index (χ2n) is 8.76. The van der Waals surface area contributed by atoms with E-state index in [1.54, 1.807) is 0 Å². The van der Waals surface area contributed by atoms with Crippen LogP contribution >= 0.6 is 0 Å². The monoisotopic (exact) mass is 488 g/mol. The molecule has 3 heterocycles. The van der Waals surface area contributed by atoms with Crippen LogP contribution in [-0.4, -0.2) is 65.9 Å². The van der Waals surface area contributed by atoms with E-state index in [9.17, 15) is 0 Å². The number of pyridine rings is 2. The first-order valence-electron chi connectivity index (χ1n) is 12.6. The van der Waals surface area contributed by atoms with Crippen molar-refractivity contribution in [1.29, 1.82) is 0 Å². The fourth-order valence-electron chi connectivity index (χ4n) is 4.32. The van der Waals surface area contributed by atoms with E-state index < -0.39 is 0 Å². The van der Waals surface area contributed by atoms with E-state index in [1.165, 1.54) is 16.3 Å². The van der Waals surface area contributed by atoms with Gasteiger partial charge in [0.2, 0.25) is 5.52 Å². The van der Waals surface area contributed by atoms with Crippen LogP contribution in [0, 0.1) is 0 Å². The minimum Gasteiger partial charge on any atom is -0.377 e. The lowest BCUT2D eigenvalue weighted by atomic mass is 10.1. The molecule has 4 aromatic rings. The van der Waals surface area contributed by atoms with Gasteiger partial charge < -0.3 is 29.2 Å². The van der Waals surface area contributed by atoms with Gasteiger partial charge in [-0.2, -0.15) is 4.40 Å². The van der Waals surface area contributed by atoms with E-state index in [-0.39, 0.29) is 0 Å². The number of fused-ring (bicyclic) bond motifs is 2. The minimum atomic E-state index is 0.587. The Morgan fingerprint density at radius 2 is 1.25 bits per heavy atom. The second kappa shape index (κ2) is 12.6. The van der Waals surface area contributed by atoms with Gasteiger partial charge in [-0.3, -0.25) is 0 Å². The lowest BCUT2D eigenvalue weighted by Crippen LogP contribution is -2.31. The molecule has 7 nitrogen and oxygen atoms in total. The van der Waals surface area contributed by atoms with Gasteiger partial charge in [0.1, 0.15) is 0 Å². The van der Waals surface area contributed by atoms with Crippen LogP contribution in [0.1, 0.15) is 0 Å². The molecule has 7 heteroatoms. The molecule has 0 atom stereocenters. The van der Waals surface area contributed by atoms with Crippen LogP contribution < -0.4 is 14.6 Å². The largest absolute Gasteiger partial charge is 0.377 e. The van der Waals surface area contributed by atoms with E-state index >= 15 is 0 Å². The van der Waals surface area contributed by atoms with Crippen LogP contribution in [0.2, 0.25) is 0 Å². The zero-order chi connectivity index (χ0) is 24.4. The Morgan fingerprint density at radius 1 is 0.611 bits per heavy atom. The maximum atomic E-state index is 5.76. The van der Waals surface area contributed by atoms with Crippen molar-refractivity contribution in [2.75, 3.05) is 76.2 Å². The Kier molecular flexibility index (Phi) is 8.59. The summed E-state index contributed by atoms with van der Waals surface area (Å²) in [5.74, 6) is 0. The van der Waals surface area contributed by atoms with Crippen molar-refractivity contribution in [2.24, 2.45) is 0 Å². The van der Waals surface area contributed by atoms with Crippen molar-refractivity contribution < 1.29 is 23.3 Å². The fourth-order valence-corrected chi connectivity index (χ4v) is 4.32. The number of hydrogen-bond donors (Lipinski definition) is 1. The van der Waals surface area contributed by atoms with Crippen LogP contribution in [0.4, 0.5) is 17.1 Å². The lowest BCUT2D eigenvalue weighted by molar-refractivity contribution is -0.510. The summed E-state index contributed by atoms with van der Waals surface area (Å²) in [4.78, 5) is 2.30. The maximum Gasteiger partial charge on any atom is 0.211 e. The van der Waals surface area contributed by atoms with Crippen molar-refractivity contribution in [1.82, 2.24) is 0 Å². The normalized spacial score (nSPS) is 16.9. The topological polar surface area (TPSA) is 56.3 Å². The molecule has 2 aromatic carbocycles. The summed E-state index contributed by atoms with van der Waals surface area (Å²) in [5.41, 5.74) is 4.43. The standard InChI is InChI=1S/C29H33N3O4/c1-2-10-32-23-24-4-5-27(21-25(24)22-29(32)3-1)30-26-6-8-28(9-7-26)31-11-13-33-15-17-35-19-20-36-18-16-34-14-12-31/h1-10,21-23H,11-20H2/p+1. The first kappa shape index (κ1) is 24.5. The average molecular weight is 489 g/mol. The van der Waals surface area contributed by atoms with Gasteiger partial charge in [0.05, 0.1) is 52.9 Å². The third-order valence-electron chi connectivity index (χ3n) is 6.24. The van der Waals surface area contributed by atoms with Crippen LogP contribution in [0.25, 0.3) is 16.3 Å². The van der Waals surface area contributed by atoms with Crippen molar-refractivity contribution in [3.8, 4) is 0 Å². The molecule has 0 saturated carbocycles. The predicted octanol–water partition coefficient (Wildman–Crippen LogP) is 4.21. The molecule has 0 amide bonds. The van der Waals surface area contributed by atoms with Gasteiger partial charge in [0.15, 0.2) is 12.4 Å². The molecule has 0 unspecified atom stereocenters. The molecule has 1 aliphatic rings. The van der Waals surface area contributed by atoms with Gasteiger partial charge in [-0.15, -0.1) is 0 Å². The van der Waals surface area contributed by atoms with E-state index in [0.29, 0.717) is 52.9 Å². The molecule has 5 rings (SSSR count). The molecule has 0 radical (unpaired) electrons. The number of aromatic nitrogens is 1. The number of nitrogens with zero attached hydrogens (tertiary/aromatic N) is 2. The summed E-state index contributed by atoms with van der Waals surface area (Å²) in [6.45, 7) is 6.41. The Hall–Kier alpha value is -3.23. The van der Waals surface area contributed by atoms with Crippen molar-refractivity contribution in [2.45, 2.75) is 0 Å². The first-order valence-corrected chi connectivity index (χ1v) is 12.6. The summed E-state index contributed by atoms with van der Waals surface area (Å²) >= 11 is 0. The molecular weight excluding hydrogens is 454 g/mol. The smallest absolute Gasteiger partial charge is 0.211 e. The summed E-state index contributed by atoms with van der Waals surface area (Å²) in [6, 6.07) is 23.5. The maximum absolute atomic E-state index is 5.76. The van der Waals surface area contributed by atoms with Gasteiger partial charge in [-0.1, -0.05) is 0 Å². The molecule has 0 aliphatic carbocycles. The number of anilines is 3. The van der Waals surface area contributed by atoms with E-state index in [4.69, 9.17) is 18.9 Å². The Morgan fingerprint density at radius 3 is 1.94 bits per heavy atom. The number of nitrogens with one attached hydrogen (secondary N) is 1. The minimum absolute atomic E-state index is 0.587. The van der Waals surface area contributed by atoms with E-state index in [1.807, 2.05) is 6.07 Å². The molecule has 0 spiro atoms. The van der Waals surface area contributed by atoms with Crippen molar-refractivity contribution >= 4 is 33.4 Å². The fraction of sp³-hybridized carbons (Fsp3) is 0.345. The molecule has 36 heavy (non-hydrogen) atoms. The first-order chi connectivity index (χ1) is 17.8. The summed E-state index contributed by atoms with van der Waals surface area (Å²) < 4.78 is 24.7. The molecule has 1 saturated heterocycles. The molecule has 1 aliphatic heterocycles. The van der Waals surface area contributed by atoms with E-state index in [2.05, 4.69) is 87.7 Å². The summed E-state index contributed by atoms with van der Waals surface area (Å²) in [5, 5.41) is 5.96. The molecule has 1 fully saturated rings. The average Bonchev–Trinajstić information content (AvgIpc) is 2.92. The third-order valence-corrected chi connectivity index (χ3v) is 6.24. The van der Waals surface area contributed by atoms with Crippen molar-refractivity contribution in [3.05, 3.63) is 79.1 Å². The molecular formula is C29H34N3O4+. The van der Waals surface area contributed by atoms with Gasteiger partial charge in [-0.05, 0) is 53.9 Å². The van der Waals surface area contributed by atoms with Gasteiger partial charge in [0, 0.05) is 53.7 Å². The Bertz CT molecular complexity index is 1230. The highest BCUT2D eigenvalue weighted by Gasteiger charge is 2.09. The predicted molar refractivity (Wildman–Crippen MR) is 142 cm³/mol. The third kappa shape index (κ3) is 6.71. The highest BCUT2D eigenvalue weighted by atomic mass is 16.6. The highest BCUT2D eigenvalue weighted by molar-refractivity contribution is 5.87. The summed E-state index contributed by atoms with van der Waals surface area (Å²) in [7, 11) is 0.